The SMILES string of the molecule is Cn1c(C23CC4CC(CC(C)(C4)C2)C3)nnc1S(N)(=O)=O. The van der Waals surface area contributed by atoms with E-state index in [1.165, 1.54) is 19.3 Å². The summed E-state index contributed by atoms with van der Waals surface area (Å²) in [6.07, 6.45) is 7.29. The highest BCUT2D eigenvalue weighted by molar-refractivity contribution is 7.89. The summed E-state index contributed by atoms with van der Waals surface area (Å²) in [6.45, 7) is 2.39. The van der Waals surface area contributed by atoms with Crippen LogP contribution in [0.15, 0.2) is 5.16 Å². The molecular formula is C14H22N4O2S. The number of aromatic nitrogens is 3. The molecule has 2 unspecified atom stereocenters. The van der Waals surface area contributed by atoms with Crippen LogP contribution in [0.1, 0.15) is 51.3 Å². The summed E-state index contributed by atoms with van der Waals surface area (Å²) >= 11 is 0. The molecule has 4 bridgehead atoms. The molecule has 5 rings (SSSR count). The van der Waals surface area contributed by atoms with Crippen LogP contribution in [0.2, 0.25) is 0 Å². The molecular weight excluding hydrogens is 288 g/mol. The second kappa shape index (κ2) is 3.87. The van der Waals surface area contributed by atoms with Gasteiger partial charge in [0.1, 0.15) is 5.82 Å². The second-order valence-corrected chi connectivity index (χ2v) is 9.42. The van der Waals surface area contributed by atoms with Crippen LogP contribution in [0, 0.1) is 17.3 Å². The fraction of sp³-hybridized carbons (Fsp3) is 0.857. The molecule has 0 aromatic carbocycles. The summed E-state index contributed by atoms with van der Waals surface area (Å²) in [4.78, 5) is 0. The molecule has 4 saturated carbocycles. The van der Waals surface area contributed by atoms with Crippen molar-refractivity contribution in [1.29, 1.82) is 0 Å². The number of rotatable bonds is 2. The van der Waals surface area contributed by atoms with Crippen molar-refractivity contribution in [2.24, 2.45) is 29.4 Å². The molecule has 0 spiro atoms. The van der Waals surface area contributed by atoms with Crippen molar-refractivity contribution in [3.05, 3.63) is 5.82 Å². The van der Waals surface area contributed by atoms with Gasteiger partial charge < -0.3 is 4.57 Å². The second-order valence-electron chi connectivity index (χ2n) is 7.96. The molecule has 2 atom stereocenters. The Bertz CT molecular complexity index is 695. The molecule has 0 saturated heterocycles. The number of nitrogens with zero attached hydrogens (tertiary/aromatic N) is 3. The van der Waals surface area contributed by atoms with E-state index in [0.29, 0.717) is 5.41 Å². The molecule has 2 N–H and O–H groups in total. The number of nitrogens with two attached hydrogens (primary N) is 1. The monoisotopic (exact) mass is 310 g/mol. The predicted octanol–water partition coefficient (Wildman–Crippen LogP) is 1.32. The van der Waals surface area contributed by atoms with Crippen molar-refractivity contribution in [2.75, 3.05) is 0 Å². The largest absolute Gasteiger partial charge is 0.303 e. The molecule has 0 amide bonds. The minimum Gasteiger partial charge on any atom is -0.303 e. The summed E-state index contributed by atoms with van der Waals surface area (Å²) in [5.74, 6) is 2.34. The first-order chi connectivity index (χ1) is 9.71. The molecule has 21 heavy (non-hydrogen) atoms. The minimum atomic E-state index is -3.81. The molecule has 1 aromatic heterocycles. The quantitative estimate of drug-likeness (QED) is 0.892. The van der Waals surface area contributed by atoms with Crippen LogP contribution in [0.5, 0.6) is 0 Å². The van der Waals surface area contributed by atoms with Crippen LogP contribution >= 0.6 is 0 Å². The third-order valence-corrected chi connectivity index (χ3v) is 6.78. The number of sulfonamides is 1. The molecule has 1 heterocycles. The van der Waals surface area contributed by atoms with Crippen molar-refractivity contribution in [3.63, 3.8) is 0 Å². The van der Waals surface area contributed by atoms with Gasteiger partial charge in [-0.05, 0) is 55.8 Å². The van der Waals surface area contributed by atoms with E-state index in [2.05, 4.69) is 17.1 Å². The van der Waals surface area contributed by atoms with Gasteiger partial charge in [-0.25, -0.2) is 13.6 Å². The zero-order valence-electron chi connectivity index (χ0n) is 12.5. The molecule has 4 fully saturated rings. The lowest BCUT2D eigenvalue weighted by Gasteiger charge is -2.60. The van der Waals surface area contributed by atoms with E-state index in [1.54, 1.807) is 11.6 Å². The van der Waals surface area contributed by atoms with E-state index < -0.39 is 10.0 Å². The maximum absolute atomic E-state index is 11.6. The smallest absolute Gasteiger partial charge is 0.273 e. The lowest BCUT2D eigenvalue weighted by atomic mass is 9.44. The van der Waals surface area contributed by atoms with Crippen molar-refractivity contribution >= 4 is 10.0 Å². The van der Waals surface area contributed by atoms with Crippen LogP contribution in [-0.4, -0.2) is 23.2 Å². The Morgan fingerprint density at radius 3 is 2.29 bits per heavy atom. The number of hydrogen-bond donors (Lipinski definition) is 1. The molecule has 0 aliphatic heterocycles. The van der Waals surface area contributed by atoms with E-state index in [-0.39, 0.29) is 10.6 Å². The maximum atomic E-state index is 11.6. The fourth-order valence-electron chi connectivity index (χ4n) is 6.01. The molecule has 4 aliphatic rings. The number of hydrogen-bond acceptors (Lipinski definition) is 4. The van der Waals surface area contributed by atoms with Crippen LogP contribution in [0.25, 0.3) is 0 Å². The topological polar surface area (TPSA) is 90.9 Å². The van der Waals surface area contributed by atoms with Gasteiger partial charge in [0.15, 0.2) is 0 Å². The Labute approximate surface area is 125 Å². The Hall–Kier alpha value is -0.950. The summed E-state index contributed by atoms with van der Waals surface area (Å²) in [5, 5.41) is 13.2. The normalized spacial score (nSPS) is 41.7. The van der Waals surface area contributed by atoms with Gasteiger partial charge in [0, 0.05) is 12.5 Å². The Morgan fingerprint density at radius 1 is 1.19 bits per heavy atom. The van der Waals surface area contributed by atoms with E-state index in [9.17, 15) is 8.42 Å². The van der Waals surface area contributed by atoms with Crippen molar-refractivity contribution in [3.8, 4) is 0 Å². The van der Waals surface area contributed by atoms with Crippen molar-refractivity contribution in [1.82, 2.24) is 14.8 Å². The van der Waals surface area contributed by atoms with E-state index in [4.69, 9.17) is 5.14 Å². The summed E-state index contributed by atoms with van der Waals surface area (Å²) in [5.41, 5.74) is 0.390. The van der Waals surface area contributed by atoms with Gasteiger partial charge in [-0.2, -0.15) is 0 Å². The van der Waals surface area contributed by atoms with E-state index >= 15 is 0 Å². The first kappa shape index (κ1) is 13.7. The molecule has 7 heteroatoms. The lowest BCUT2D eigenvalue weighted by molar-refractivity contribution is -0.0659. The maximum Gasteiger partial charge on any atom is 0.273 e. The van der Waals surface area contributed by atoms with Crippen molar-refractivity contribution < 1.29 is 8.42 Å². The van der Waals surface area contributed by atoms with Gasteiger partial charge in [0.2, 0.25) is 0 Å². The molecule has 1 aromatic rings. The molecule has 116 valence electrons. The third kappa shape index (κ3) is 1.90. The van der Waals surface area contributed by atoms with Gasteiger partial charge in [-0.3, -0.25) is 0 Å². The zero-order valence-corrected chi connectivity index (χ0v) is 13.4. The standard InChI is InChI=1S/C14H22N4O2S/c1-13-4-9-3-10(5-13)7-14(6-9,8-13)11-16-17-12(18(11)2)21(15,19)20/h9-10H,3-8H2,1-2H3,(H2,15,19,20). The van der Waals surface area contributed by atoms with Gasteiger partial charge in [0.05, 0.1) is 0 Å². The van der Waals surface area contributed by atoms with Crippen LogP contribution in [0.4, 0.5) is 0 Å². The van der Waals surface area contributed by atoms with Crippen molar-refractivity contribution in [2.45, 2.75) is 56.0 Å². The van der Waals surface area contributed by atoms with Gasteiger partial charge in [0.25, 0.3) is 15.2 Å². The van der Waals surface area contributed by atoms with E-state index in [0.717, 1.165) is 36.9 Å². The first-order valence-electron chi connectivity index (χ1n) is 7.64. The summed E-state index contributed by atoms with van der Waals surface area (Å²) < 4.78 is 24.8. The van der Waals surface area contributed by atoms with Crippen LogP contribution in [-0.2, 0) is 22.5 Å². The summed E-state index contributed by atoms with van der Waals surface area (Å²) in [6, 6.07) is 0. The highest BCUT2D eigenvalue weighted by Crippen LogP contribution is 2.65. The zero-order chi connectivity index (χ0) is 15.0. The Kier molecular flexibility index (Phi) is 2.52. The lowest BCUT2D eigenvalue weighted by Crippen LogP contribution is -2.53. The highest BCUT2D eigenvalue weighted by Gasteiger charge is 2.58. The average Bonchev–Trinajstić information content (AvgIpc) is 2.67. The van der Waals surface area contributed by atoms with Crippen LogP contribution < -0.4 is 5.14 Å². The molecule has 4 aliphatic carbocycles. The average molecular weight is 310 g/mol. The van der Waals surface area contributed by atoms with Crippen LogP contribution in [0.3, 0.4) is 0 Å². The van der Waals surface area contributed by atoms with E-state index in [1.807, 2.05) is 0 Å². The Morgan fingerprint density at radius 2 is 1.81 bits per heavy atom. The fourth-order valence-corrected chi connectivity index (χ4v) is 6.63. The molecule has 0 radical (unpaired) electrons. The van der Waals surface area contributed by atoms with Gasteiger partial charge >= 0.3 is 0 Å². The van der Waals surface area contributed by atoms with Gasteiger partial charge in [-0.15, -0.1) is 10.2 Å². The minimum absolute atomic E-state index is 0.00350. The molecule has 6 nitrogen and oxygen atoms in total. The van der Waals surface area contributed by atoms with Gasteiger partial charge in [-0.1, -0.05) is 6.92 Å². The highest BCUT2D eigenvalue weighted by atomic mass is 32.2. The predicted molar refractivity (Wildman–Crippen MR) is 76.8 cm³/mol. The first-order valence-corrected chi connectivity index (χ1v) is 9.18. The summed E-state index contributed by atoms with van der Waals surface area (Å²) in [7, 11) is -2.08. The Balaban J connectivity index is 1.82. The third-order valence-electron chi connectivity index (χ3n) is 5.92. The number of primary sulfonamides is 1.